The molecule has 2 rings (SSSR count). The van der Waals surface area contributed by atoms with Gasteiger partial charge in [0.1, 0.15) is 0 Å². The van der Waals surface area contributed by atoms with E-state index in [4.69, 9.17) is 0 Å². The van der Waals surface area contributed by atoms with Crippen LogP contribution in [0, 0.1) is 17.8 Å². The van der Waals surface area contributed by atoms with Crippen LogP contribution >= 0.6 is 0 Å². The number of hydrogen-bond acceptors (Lipinski definition) is 2. The van der Waals surface area contributed by atoms with E-state index in [1.165, 1.54) is 0 Å². The molecule has 4 heteroatoms. The predicted octanol–water partition coefficient (Wildman–Crippen LogP) is 3.52. The average Bonchev–Trinajstić information content (AvgIpc) is 3.18. The maximum absolute atomic E-state index is 12.9. The van der Waals surface area contributed by atoms with Gasteiger partial charge < -0.3 is 10.2 Å². The van der Waals surface area contributed by atoms with E-state index in [1.54, 1.807) is 0 Å². The summed E-state index contributed by atoms with van der Waals surface area (Å²) in [5.41, 5.74) is -0.114. The van der Waals surface area contributed by atoms with Crippen molar-refractivity contribution in [2.24, 2.45) is 17.8 Å². The van der Waals surface area contributed by atoms with Crippen molar-refractivity contribution >= 4 is 11.8 Å². The fraction of sp³-hybridized carbons (Fsp3) is 0.800. The van der Waals surface area contributed by atoms with Crippen LogP contribution in [0.5, 0.6) is 0 Å². The van der Waals surface area contributed by atoms with Gasteiger partial charge in [-0.15, -0.1) is 0 Å². The van der Waals surface area contributed by atoms with Crippen LogP contribution in [0.25, 0.3) is 0 Å². The molecule has 1 aliphatic heterocycles. The minimum atomic E-state index is -0.218. The Labute approximate surface area is 147 Å². The van der Waals surface area contributed by atoms with Gasteiger partial charge in [-0.1, -0.05) is 32.4 Å². The number of nitrogens with one attached hydrogen (secondary N) is 1. The Morgan fingerprint density at radius 1 is 1.25 bits per heavy atom. The molecule has 0 aromatic heterocycles. The molecule has 1 fully saturated rings. The molecular weight excluding hydrogens is 300 g/mol. The van der Waals surface area contributed by atoms with E-state index in [9.17, 15) is 9.59 Å². The van der Waals surface area contributed by atoms with E-state index >= 15 is 0 Å². The van der Waals surface area contributed by atoms with Crippen LogP contribution in [0.15, 0.2) is 12.2 Å². The largest absolute Gasteiger partial charge is 0.350 e. The molecule has 1 aliphatic carbocycles. The maximum Gasteiger partial charge on any atom is 0.226 e. The van der Waals surface area contributed by atoms with Gasteiger partial charge >= 0.3 is 0 Å². The lowest BCUT2D eigenvalue weighted by atomic mass is 9.84. The number of carbonyl (C=O) groups excluding carboxylic acids is 2. The lowest BCUT2D eigenvalue weighted by Crippen LogP contribution is -2.46. The monoisotopic (exact) mass is 334 g/mol. The van der Waals surface area contributed by atoms with Gasteiger partial charge in [-0.25, -0.2) is 0 Å². The van der Waals surface area contributed by atoms with E-state index in [0.717, 1.165) is 45.1 Å². The maximum atomic E-state index is 12.9. The van der Waals surface area contributed by atoms with E-state index in [0.29, 0.717) is 12.3 Å². The zero-order valence-electron chi connectivity index (χ0n) is 15.8. The summed E-state index contributed by atoms with van der Waals surface area (Å²) in [7, 11) is 1.88. The number of hydrogen-bond donors (Lipinski definition) is 1. The van der Waals surface area contributed by atoms with Crippen molar-refractivity contribution in [2.75, 3.05) is 13.6 Å². The molecule has 1 heterocycles. The first kappa shape index (κ1) is 19.0. The summed E-state index contributed by atoms with van der Waals surface area (Å²) >= 11 is 0. The van der Waals surface area contributed by atoms with Crippen LogP contribution in [-0.4, -0.2) is 35.8 Å². The average molecular weight is 335 g/mol. The molecule has 0 aromatic carbocycles. The first-order valence-electron chi connectivity index (χ1n) is 9.66. The molecule has 0 saturated heterocycles. The minimum absolute atomic E-state index is 0.0631. The van der Waals surface area contributed by atoms with Crippen molar-refractivity contribution in [3.8, 4) is 0 Å². The first-order valence-corrected chi connectivity index (χ1v) is 9.66. The lowest BCUT2D eigenvalue weighted by molar-refractivity contribution is -0.141. The standard InChI is InChI=1S/C20H34N2O2/c1-5-11-17-16(6-2)18(23)21-20(3)14-15(20)12-9-7-8-10-13-22(4)19(17)24/h9,12,15-17H,5-8,10-11,13-14H2,1-4H3,(H,21,23)/b12-9-/t15-,16-,17-,20-/m1/s1. The highest BCUT2D eigenvalue weighted by atomic mass is 16.2. The third kappa shape index (κ3) is 4.40. The molecule has 2 aliphatic rings. The lowest BCUT2D eigenvalue weighted by Gasteiger charge is -2.30. The van der Waals surface area contributed by atoms with E-state index < -0.39 is 0 Å². The second-order valence-electron chi connectivity index (χ2n) is 7.81. The Kier molecular flexibility index (Phi) is 6.47. The van der Waals surface area contributed by atoms with Crippen LogP contribution in [-0.2, 0) is 9.59 Å². The van der Waals surface area contributed by atoms with Gasteiger partial charge in [0.2, 0.25) is 11.8 Å². The number of allylic oxidation sites excluding steroid dienone is 1. The third-order valence-corrected chi connectivity index (χ3v) is 5.75. The molecule has 0 radical (unpaired) electrons. The van der Waals surface area contributed by atoms with Crippen molar-refractivity contribution in [1.29, 1.82) is 0 Å². The summed E-state index contributed by atoms with van der Waals surface area (Å²) in [5, 5.41) is 3.25. The highest BCUT2D eigenvalue weighted by molar-refractivity contribution is 5.88. The van der Waals surface area contributed by atoms with Gasteiger partial charge in [-0.2, -0.15) is 0 Å². The van der Waals surface area contributed by atoms with Crippen LogP contribution in [0.1, 0.15) is 65.7 Å². The van der Waals surface area contributed by atoms with Crippen LogP contribution < -0.4 is 5.32 Å². The number of nitrogens with zero attached hydrogens (tertiary/aromatic N) is 1. The Balaban J connectivity index is 2.21. The van der Waals surface area contributed by atoms with Gasteiger partial charge in [0, 0.05) is 36.9 Å². The summed E-state index contributed by atoms with van der Waals surface area (Å²) in [6.45, 7) is 7.02. The zero-order chi connectivity index (χ0) is 17.7. The van der Waals surface area contributed by atoms with Gasteiger partial charge in [0.15, 0.2) is 0 Å². The number of carbonyl (C=O) groups is 2. The van der Waals surface area contributed by atoms with Crippen molar-refractivity contribution in [3.05, 3.63) is 12.2 Å². The molecule has 4 nitrogen and oxygen atoms in total. The van der Waals surface area contributed by atoms with E-state index in [2.05, 4.69) is 31.3 Å². The molecule has 0 unspecified atom stereocenters. The number of fused-ring (bicyclic) bond motifs is 1. The third-order valence-electron chi connectivity index (χ3n) is 5.75. The fourth-order valence-corrected chi connectivity index (χ4v) is 3.92. The van der Waals surface area contributed by atoms with Crippen molar-refractivity contribution in [1.82, 2.24) is 10.2 Å². The van der Waals surface area contributed by atoms with E-state index in [-0.39, 0.29) is 29.2 Å². The molecule has 0 aromatic rings. The molecule has 2 amide bonds. The van der Waals surface area contributed by atoms with E-state index in [1.807, 2.05) is 18.9 Å². The van der Waals surface area contributed by atoms with Gasteiger partial charge in [-0.3, -0.25) is 9.59 Å². The Hall–Kier alpha value is -1.32. The van der Waals surface area contributed by atoms with Crippen molar-refractivity contribution in [2.45, 2.75) is 71.3 Å². The minimum Gasteiger partial charge on any atom is -0.350 e. The summed E-state index contributed by atoms with van der Waals surface area (Å²) in [6, 6.07) is 0. The highest BCUT2D eigenvalue weighted by Gasteiger charge is 2.50. The SMILES string of the molecule is CCC[C@H]1C(=O)N(C)CCCC/C=C\[C@@H]2C[C@@]2(C)NC(=O)[C@@H]1CC. The van der Waals surface area contributed by atoms with Gasteiger partial charge in [-0.05, 0) is 45.4 Å². The smallest absolute Gasteiger partial charge is 0.226 e. The molecule has 1 N–H and O–H groups in total. The number of rotatable bonds is 3. The molecule has 24 heavy (non-hydrogen) atoms. The normalized spacial score (nSPS) is 36.5. The summed E-state index contributed by atoms with van der Waals surface area (Å²) < 4.78 is 0. The van der Waals surface area contributed by atoms with Crippen molar-refractivity contribution < 1.29 is 9.59 Å². The first-order chi connectivity index (χ1) is 11.4. The molecule has 0 bridgehead atoms. The Morgan fingerprint density at radius 3 is 2.67 bits per heavy atom. The molecule has 0 spiro atoms. The van der Waals surface area contributed by atoms with Crippen LogP contribution in [0.3, 0.4) is 0 Å². The zero-order valence-corrected chi connectivity index (χ0v) is 15.8. The molecule has 1 saturated carbocycles. The number of amides is 2. The molecular formula is C20H34N2O2. The second kappa shape index (κ2) is 8.17. The Morgan fingerprint density at radius 2 is 2.00 bits per heavy atom. The molecule has 136 valence electrons. The second-order valence-corrected chi connectivity index (χ2v) is 7.81. The fourth-order valence-electron chi connectivity index (χ4n) is 3.92. The Bertz CT molecular complexity index is 488. The summed E-state index contributed by atoms with van der Waals surface area (Å²) in [5.74, 6) is 0.246. The molecule has 4 atom stereocenters. The quantitative estimate of drug-likeness (QED) is 0.803. The predicted molar refractivity (Wildman–Crippen MR) is 97.5 cm³/mol. The summed E-state index contributed by atoms with van der Waals surface area (Å²) in [6.07, 6.45) is 11.1. The van der Waals surface area contributed by atoms with Gasteiger partial charge in [0.25, 0.3) is 0 Å². The van der Waals surface area contributed by atoms with Gasteiger partial charge in [0.05, 0.1) is 0 Å². The highest BCUT2D eigenvalue weighted by Crippen LogP contribution is 2.44. The summed E-state index contributed by atoms with van der Waals surface area (Å²) in [4.78, 5) is 27.7. The van der Waals surface area contributed by atoms with Crippen molar-refractivity contribution in [3.63, 3.8) is 0 Å². The topological polar surface area (TPSA) is 49.4 Å². The van der Waals surface area contributed by atoms with Crippen LogP contribution in [0.4, 0.5) is 0 Å². The van der Waals surface area contributed by atoms with Crippen LogP contribution in [0.2, 0.25) is 0 Å².